The molecule has 1 aliphatic heterocycles. The Balaban J connectivity index is 1.50. The monoisotopic (exact) mass is 338 g/mol. The van der Waals surface area contributed by atoms with Crippen molar-refractivity contribution in [2.75, 3.05) is 36.4 Å². The molecule has 0 spiro atoms. The number of carbonyl (C=O) groups excluding carboxylic acids is 1. The van der Waals surface area contributed by atoms with Crippen LogP contribution in [0.5, 0.6) is 0 Å². The molecule has 5 nitrogen and oxygen atoms in total. The first-order chi connectivity index (χ1) is 12.2. The lowest BCUT2D eigenvalue weighted by atomic mass is 10.2. The van der Waals surface area contributed by atoms with Crippen molar-refractivity contribution in [1.29, 1.82) is 0 Å². The van der Waals surface area contributed by atoms with E-state index >= 15 is 0 Å². The van der Waals surface area contributed by atoms with E-state index in [4.69, 9.17) is 0 Å². The number of nitrogens with zero attached hydrogens (tertiary/aromatic N) is 3. The van der Waals surface area contributed by atoms with Crippen molar-refractivity contribution in [3.8, 4) is 0 Å². The molecular formula is C20H26N4O. The summed E-state index contributed by atoms with van der Waals surface area (Å²) in [6.45, 7) is 7.09. The maximum atomic E-state index is 11.6. The highest BCUT2D eigenvalue weighted by molar-refractivity contribution is 5.89. The van der Waals surface area contributed by atoms with Crippen molar-refractivity contribution in [2.24, 2.45) is 0 Å². The molecular weight excluding hydrogens is 312 g/mol. The van der Waals surface area contributed by atoms with Crippen LogP contribution in [-0.4, -0.2) is 42.0 Å². The van der Waals surface area contributed by atoms with E-state index in [1.54, 1.807) is 0 Å². The van der Waals surface area contributed by atoms with Gasteiger partial charge in [0, 0.05) is 39.1 Å². The van der Waals surface area contributed by atoms with Crippen LogP contribution in [-0.2, 0) is 11.3 Å². The zero-order valence-corrected chi connectivity index (χ0v) is 14.8. The van der Waals surface area contributed by atoms with Gasteiger partial charge in [-0.05, 0) is 24.1 Å². The molecule has 25 heavy (non-hydrogen) atoms. The summed E-state index contributed by atoms with van der Waals surface area (Å²) in [7, 11) is 0. The average Bonchev–Trinajstić information content (AvgIpc) is 2.64. The van der Waals surface area contributed by atoms with Crippen LogP contribution >= 0.6 is 0 Å². The van der Waals surface area contributed by atoms with Gasteiger partial charge in [0.1, 0.15) is 5.82 Å². The maximum Gasteiger partial charge on any atom is 0.225 e. The smallest absolute Gasteiger partial charge is 0.225 e. The normalized spacial score (nSPS) is 15.2. The van der Waals surface area contributed by atoms with Gasteiger partial charge in [-0.25, -0.2) is 4.98 Å². The Morgan fingerprint density at radius 2 is 1.84 bits per heavy atom. The molecule has 1 amide bonds. The number of benzene rings is 1. The third kappa shape index (κ3) is 5.03. The molecule has 2 heterocycles. The molecule has 1 aliphatic rings. The number of aromatic nitrogens is 1. The number of piperazine rings is 1. The zero-order chi connectivity index (χ0) is 17.5. The second-order valence-electron chi connectivity index (χ2n) is 6.45. The fraction of sp³-hybridized carbons (Fsp3) is 0.400. The molecule has 1 saturated heterocycles. The molecule has 0 radical (unpaired) electrons. The van der Waals surface area contributed by atoms with Gasteiger partial charge in [-0.2, -0.15) is 0 Å². The molecule has 1 aromatic carbocycles. The molecule has 0 saturated carbocycles. The van der Waals surface area contributed by atoms with Gasteiger partial charge >= 0.3 is 0 Å². The highest BCUT2D eigenvalue weighted by Gasteiger charge is 2.17. The van der Waals surface area contributed by atoms with E-state index in [1.165, 1.54) is 5.56 Å². The van der Waals surface area contributed by atoms with E-state index in [2.05, 4.69) is 50.4 Å². The first-order valence-corrected chi connectivity index (χ1v) is 9.01. The number of anilines is 2. The first-order valence-electron chi connectivity index (χ1n) is 9.01. The van der Waals surface area contributed by atoms with Crippen LogP contribution in [0.4, 0.5) is 11.5 Å². The number of hydrogen-bond donors (Lipinski definition) is 1. The van der Waals surface area contributed by atoms with E-state index in [9.17, 15) is 4.79 Å². The Morgan fingerprint density at radius 3 is 2.48 bits per heavy atom. The molecule has 1 aromatic heterocycles. The van der Waals surface area contributed by atoms with Gasteiger partial charge in [0.05, 0.1) is 11.9 Å². The number of hydrogen-bond acceptors (Lipinski definition) is 4. The van der Waals surface area contributed by atoms with Crippen LogP contribution in [0.2, 0.25) is 0 Å². The van der Waals surface area contributed by atoms with Gasteiger partial charge in [0.2, 0.25) is 5.91 Å². The number of amides is 1. The SMILES string of the molecule is CCCC(=O)Nc1ccc(N2CCN(Cc3ccccc3)CC2)cn1. The standard InChI is InChI=1S/C20H26N4O/c1-2-6-20(25)22-19-10-9-18(15-21-19)24-13-11-23(12-14-24)16-17-7-4-3-5-8-17/h3-5,7-10,15H,2,6,11-14,16H2,1H3,(H,21,22,25). The van der Waals surface area contributed by atoms with Gasteiger partial charge < -0.3 is 10.2 Å². The third-order valence-corrected chi connectivity index (χ3v) is 4.48. The van der Waals surface area contributed by atoms with Crippen molar-refractivity contribution in [3.05, 3.63) is 54.2 Å². The minimum Gasteiger partial charge on any atom is -0.368 e. The Kier molecular flexibility index (Phi) is 6.01. The summed E-state index contributed by atoms with van der Waals surface area (Å²) in [5, 5.41) is 2.83. The first kappa shape index (κ1) is 17.4. The van der Waals surface area contributed by atoms with Gasteiger partial charge in [0.25, 0.3) is 0 Å². The number of carbonyl (C=O) groups is 1. The van der Waals surface area contributed by atoms with Crippen LogP contribution in [0.25, 0.3) is 0 Å². The van der Waals surface area contributed by atoms with Crippen LogP contribution in [0, 0.1) is 0 Å². The van der Waals surface area contributed by atoms with Crippen molar-refractivity contribution < 1.29 is 4.79 Å². The summed E-state index contributed by atoms with van der Waals surface area (Å²) in [5.74, 6) is 0.655. The van der Waals surface area contributed by atoms with Crippen LogP contribution < -0.4 is 10.2 Å². The second-order valence-corrected chi connectivity index (χ2v) is 6.45. The molecule has 132 valence electrons. The second kappa shape index (κ2) is 8.62. The van der Waals surface area contributed by atoms with Crippen LogP contribution in [0.15, 0.2) is 48.7 Å². The average molecular weight is 338 g/mol. The summed E-state index contributed by atoms with van der Waals surface area (Å²) >= 11 is 0. The van der Waals surface area contributed by atoms with Crippen molar-refractivity contribution in [2.45, 2.75) is 26.3 Å². The minimum absolute atomic E-state index is 0.0253. The van der Waals surface area contributed by atoms with Gasteiger partial charge in [0.15, 0.2) is 0 Å². The Morgan fingerprint density at radius 1 is 1.08 bits per heavy atom. The number of rotatable bonds is 6. The van der Waals surface area contributed by atoms with Crippen LogP contribution in [0.1, 0.15) is 25.3 Å². The predicted molar refractivity (Wildman–Crippen MR) is 102 cm³/mol. The lowest BCUT2D eigenvalue weighted by Crippen LogP contribution is -2.46. The number of nitrogens with one attached hydrogen (secondary N) is 1. The number of pyridine rings is 1. The van der Waals surface area contributed by atoms with Crippen molar-refractivity contribution in [3.63, 3.8) is 0 Å². The molecule has 0 unspecified atom stereocenters. The highest BCUT2D eigenvalue weighted by Crippen LogP contribution is 2.18. The largest absolute Gasteiger partial charge is 0.368 e. The topological polar surface area (TPSA) is 48.5 Å². The lowest BCUT2D eigenvalue weighted by Gasteiger charge is -2.36. The fourth-order valence-corrected chi connectivity index (χ4v) is 3.09. The zero-order valence-electron chi connectivity index (χ0n) is 14.8. The molecule has 5 heteroatoms. The molecule has 3 rings (SSSR count). The van der Waals surface area contributed by atoms with E-state index in [0.717, 1.165) is 44.8 Å². The molecule has 1 N–H and O–H groups in total. The fourth-order valence-electron chi connectivity index (χ4n) is 3.09. The van der Waals surface area contributed by atoms with Gasteiger partial charge in [-0.15, -0.1) is 0 Å². The predicted octanol–water partition coefficient (Wildman–Crippen LogP) is 3.14. The van der Waals surface area contributed by atoms with Gasteiger partial charge in [-0.1, -0.05) is 37.3 Å². The minimum atomic E-state index is 0.0253. The molecule has 2 aromatic rings. The molecule has 1 fully saturated rings. The van der Waals surface area contributed by atoms with E-state index in [1.807, 2.05) is 25.3 Å². The van der Waals surface area contributed by atoms with E-state index in [-0.39, 0.29) is 5.91 Å². The van der Waals surface area contributed by atoms with Gasteiger partial charge in [-0.3, -0.25) is 9.69 Å². The van der Waals surface area contributed by atoms with Crippen LogP contribution in [0.3, 0.4) is 0 Å². The highest BCUT2D eigenvalue weighted by atomic mass is 16.1. The Bertz CT molecular complexity index is 664. The lowest BCUT2D eigenvalue weighted by molar-refractivity contribution is -0.116. The van der Waals surface area contributed by atoms with Crippen molar-refractivity contribution in [1.82, 2.24) is 9.88 Å². The van der Waals surface area contributed by atoms with Crippen molar-refractivity contribution >= 4 is 17.4 Å². The third-order valence-electron chi connectivity index (χ3n) is 4.48. The van der Waals surface area contributed by atoms with E-state index < -0.39 is 0 Å². The summed E-state index contributed by atoms with van der Waals surface area (Å²) < 4.78 is 0. The molecule has 0 bridgehead atoms. The Hall–Kier alpha value is -2.40. The maximum absolute atomic E-state index is 11.6. The summed E-state index contributed by atoms with van der Waals surface area (Å²) in [4.78, 5) is 20.8. The summed E-state index contributed by atoms with van der Waals surface area (Å²) in [5.41, 5.74) is 2.48. The Labute approximate surface area is 149 Å². The molecule has 0 atom stereocenters. The van der Waals surface area contributed by atoms with E-state index in [0.29, 0.717) is 12.2 Å². The summed E-state index contributed by atoms with van der Waals surface area (Å²) in [6.07, 6.45) is 3.23. The molecule has 0 aliphatic carbocycles. The quantitative estimate of drug-likeness (QED) is 0.879. The summed E-state index contributed by atoms with van der Waals surface area (Å²) in [6, 6.07) is 14.5.